The second kappa shape index (κ2) is 3.84. The van der Waals surface area contributed by atoms with Crippen LogP contribution in [-0.4, -0.2) is 23.1 Å². The zero-order valence-electron chi connectivity index (χ0n) is 8.66. The molecule has 0 spiro atoms. The number of carboxylic acids is 1. The molecule has 0 amide bonds. The number of aliphatic carboxylic acids is 1. The van der Waals surface area contributed by atoms with Crippen molar-refractivity contribution in [1.29, 1.82) is 0 Å². The maximum Gasteiger partial charge on any atom is 0.311 e. The second-order valence-electron chi connectivity index (χ2n) is 3.89. The molecule has 4 nitrogen and oxygen atoms in total. The Bertz CT molecular complexity index is 304. The SMILES string of the molecule is CNC(c1cc[nH]c1)C(C)(C)C(=O)O. The minimum Gasteiger partial charge on any atom is -0.481 e. The van der Waals surface area contributed by atoms with Crippen LogP contribution in [0.5, 0.6) is 0 Å². The van der Waals surface area contributed by atoms with Gasteiger partial charge in [0.2, 0.25) is 0 Å². The third kappa shape index (κ3) is 1.80. The van der Waals surface area contributed by atoms with Crippen LogP contribution in [0.25, 0.3) is 0 Å². The fourth-order valence-electron chi connectivity index (χ4n) is 1.58. The van der Waals surface area contributed by atoms with Crippen LogP contribution in [0.3, 0.4) is 0 Å². The van der Waals surface area contributed by atoms with Crippen LogP contribution in [0, 0.1) is 5.41 Å². The van der Waals surface area contributed by atoms with Gasteiger partial charge >= 0.3 is 5.97 Å². The first-order valence-corrected chi connectivity index (χ1v) is 4.53. The maximum absolute atomic E-state index is 11.1. The molecule has 1 heterocycles. The van der Waals surface area contributed by atoms with Crippen LogP contribution in [0.4, 0.5) is 0 Å². The van der Waals surface area contributed by atoms with E-state index in [1.807, 2.05) is 12.3 Å². The molecule has 0 bridgehead atoms. The van der Waals surface area contributed by atoms with Crippen molar-refractivity contribution in [2.24, 2.45) is 5.41 Å². The number of H-pyrrole nitrogens is 1. The summed E-state index contributed by atoms with van der Waals surface area (Å²) in [4.78, 5) is 14.0. The molecule has 0 aromatic carbocycles. The van der Waals surface area contributed by atoms with Crippen molar-refractivity contribution in [3.05, 3.63) is 24.0 Å². The van der Waals surface area contributed by atoms with E-state index in [0.717, 1.165) is 5.56 Å². The Morgan fingerprint density at radius 2 is 2.29 bits per heavy atom. The van der Waals surface area contributed by atoms with E-state index in [1.54, 1.807) is 27.1 Å². The van der Waals surface area contributed by atoms with Crippen molar-refractivity contribution < 1.29 is 9.90 Å². The molecule has 0 radical (unpaired) electrons. The van der Waals surface area contributed by atoms with E-state index in [2.05, 4.69) is 10.3 Å². The molecule has 0 aliphatic heterocycles. The molecule has 3 N–H and O–H groups in total. The van der Waals surface area contributed by atoms with Gasteiger partial charge < -0.3 is 15.4 Å². The van der Waals surface area contributed by atoms with Crippen molar-refractivity contribution in [3.8, 4) is 0 Å². The van der Waals surface area contributed by atoms with Crippen LogP contribution in [0.1, 0.15) is 25.5 Å². The van der Waals surface area contributed by atoms with E-state index < -0.39 is 11.4 Å². The van der Waals surface area contributed by atoms with Crippen LogP contribution in [0.2, 0.25) is 0 Å². The smallest absolute Gasteiger partial charge is 0.311 e. The number of nitrogens with one attached hydrogen (secondary N) is 2. The third-order valence-corrected chi connectivity index (χ3v) is 2.52. The van der Waals surface area contributed by atoms with Crippen LogP contribution in [0.15, 0.2) is 18.5 Å². The number of carboxylic acid groups (broad SMARTS) is 1. The van der Waals surface area contributed by atoms with E-state index >= 15 is 0 Å². The number of rotatable bonds is 4. The molecule has 1 aromatic rings. The van der Waals surface area contributed by atoms with Crippen LogP contribution >= 0.6 is 0 Å². The Balaban J connectivity index is 2.98. The number of hydrogen-bond acceptors (Lipinski definition) is 2. The Labute approximate surface area is 83.3 Å². The highest BCUT2D eigenvalue weighted by molar-refractivity contribution is 5.75. The van der Waals surface area contributed by atoms with Crippen molar-refractivity contribution in [2.75, 3.05) is 7.05 Å². The Hall–Kier alpha value is -1.29. The minimum atomic E-state index is -0.822. The van der Waals surface area contributed by atoms with Crippen molar-refractivity contribution >= 4 is 5.97 Å². The third-order valence-electron chi connectivity index (χ3n) is 2.52. The average Bonchev–Trinajstić information content (AvgIpc) is 2.57. The summed E-state index contributed by atoms with van der Waals surface area (Å²) in [7, 11) is 1.77. The van der Waals surface area contributed by atoms with E-state index in [9.17, 15) is 4.79 Å². The van der Waals surface area contributed by atoms with Gasteiger partial charge in [-0.3, -0.25) is 4.79 Å². The highest BCUT2D eigenvalue weighted by Crippen LogP contribution is 2.32. The second-order valence-corrected chi connectivity index (χ2v) is 3.89. The monoisotopic (exact) mass is 196 g/mol. The van der Waals surface area contributed by atoms with Crippen molar-refractivity contribution in [3.63, 3.8) is 0 Å². The molecular formula is C10H16N2O2. The predicted octanol–water partition coefficient (Wildman–Crippen LogP) is 1.39. The first kappa shape index (κ1) is 10.8. The summed E-state index contributed by atoms with van der Waals surface area (Å²) in [6, 6.07) is 1.69. The lowest BCUT2D eigenvalue weighted by molar-refractivity contribution is -0.148. The fraction of sp³-hybridized carbons (Fsp3) is 0.500. The van der Waals surface area contributed by atoms with E-state index in [4.69, 9.17) is 5.11 Å². The molecule has 0 saturated heterocycles. The molecule has 0 aliphatic rings. The van der Waals surface area contributed by atoms with E-state index in [0.29, 0.717) is 0 Å². The summed E-state index contributed by atoms with van der Waals surface area (Å²) in [5.41, 5.74) is 0.136. The molecule has 0 saturated carbocycles. The van der Waals surface area contributed by atoms with Gasteiger partial charge in [-0.05, 0) is 32.5 Å². The summed E-state index contributed by atoms with van der Waals surface area (Å²) in [5.74, 6) is -0.807. The van der Waals surface area contributed by atoms with E-state index in [1.165, 1.54) is 0 Å². The number of aromatic nitrogens is 1. The number of hydrogen-bond donors (Lipinski definition) is 3. The lowest BCUT2D eigenvalue weighted by Gasteiger charge is -2.29. The highest BCUT2D eigenvalue weighted by Gasteiger charge is 2.37. The molecule has 1 rings (SSSR count). The zero-order chi connectivity index (χ0) is 10.8. The van der Waals surface area contributed by atoms with E-state index in [-0.39, 0.29) is 6.04 Å². The first-order chi connectivity index (χ1) is 6.50. The molecule has 1 unspecified atom stereocenters. The van der Waals surface area contributed by atoms with Crippen LogP contribution in [-0.2, 0) is 4.79 Å². The van der Waals surface area contributed by atoms with Gasteiger partial charge in [-0.1, -0.05) is 0 Å². The topological polar surface area (TPSA) is 65.1 Å². The predicted molar refractivity (Wildman–Crippen MR) is 54.0 cm³/mol. The summed E-state index contributed by atoms with van der Waals surface area (Å²) in [6.45, 7) is 3.42. The first-order valence-electron chi connectivity index (χ1n) is 4.53. The molecule has 1 aromatic heterocycles. The molecular weight excluding hydrogens is 180 g/mol. The summed E-state index contributed by atoms with van der Waals surface area (Å²) < 4.78 is 0. The molecule has 4 heteroatoms. The quantitative estimate of drug-likeness (QED) is 0.681. The van der Waals surface area contributed by atoms with Gasteiger partial charge in [0.05, 0.1) is 5.41 Å². The lowest BCUT2D eigenvalue weighted by atomic mass is 9.81. The minimum absolute atomic E-state index is 0.189. The normalized spacial score (nSPS) is 13.9. The highest BCUT2D eigenvalue weighted by atomic mass is 16.4. The Kier molecular flexibility index (Phi) is 2.96. The van der Waals surface area contributed by atoms with Crippen molar-refractivity contribution in [2.45, 2.75) is 19.9 Å². The number of carbonyl (C=O) groups is 1. The summed E-state index contributed by atoms with van der Waals surface area (Å²) in [6.07, 6.45) is 3.60. The van der Waals surface area contributed by atoms with Gasteiger partial charge in [-0.15, -0.1) is 0 Å². The average molecular weight is 196 g/mol. The van der Waals surface area contributed by atoms with Gasteiger partial charge in [-0.2, -0.15) is 0 Å². The van der Waals surface area contributed by atoms with Gasteiger partial charge in [0.1, 0.15) is 0 Å². The molecule has 78 valence electrons. The Morgan fingerprint density at radius 3 is 2.64 bits per heavy atom. The van der Waals surface area contributed by atoms with Gasteiger partial charge in [0.15, 0.2) is 0 Å². The zero-order valence-corrected chi connectivity index (χ0v) is 8.66. The van der Waals surface area contributed by atoms with Gasteiger partial charge in [0, 0.05) is 18.4 Å². The van der Waals surface area contributed by atoms with Crippen molar-refractivity contribution in [1.82, 2.24) is 10.3 Å². The lowest BCUT2D eigenvalue weighted by Crippen LogP contribution is -2.38. The molecule has 1 atom stereocenters. The standard InChI is InChI=1S/C10H16N2O2/c1-10(2,9(13)14)8(11-3)7-4-5-12-6-7/h4-6,8,11-12H,1-3H3,(H,13,14). The van der Waals surface area contributed by atoms with Gasteiger partial charge in [-0.25, -0.2) is 0 Å². The molecule has 14 heavy (non-hydrogen) atoms. The summed E-state index contributed by atoms with van der Waals surface area (Å²) in [5, 5.41) is 12.1. The molecule has 0 aliphatic carbocycles. The van der Waals surface area contributed by atoms with Gasteiger partial charge in [0.25, 0.3) is 0 Å². The summed E-state index contributed by atoms with van der Waals surface area (Å²) >= 11 is 0. The largest absolute Gasteiger partial charge is 0.481 e. The number of aromatic amines is 1. The molecule has 0 fully saturated rings. The fourth-order valence-corrected chi connectivity index (χ4v) is 1.58. The Morgan fingerprint density at radius 1 is 1.64 bits per heavy atom. The van der Waals surface area contributed by atoms with Crippen LogP contribution < -0.4 is 5.32 Å². The maximum atomic E-state index is 11.1.